The molecule has 0 aromatic heterocycles. The molecule has 3 fully saturated rings. The maximum atomic E-state index is 6.47. The number of benzene rings is 2. The minimum atomic E-state index is 0.167. The van der Waals surface area contributed by atoms with Gasteiger partial charge >= 0.3 is 0 Å². The van der Waals surface area contributed by atoms with Crippen LogP contribution in [-0.2, 0) is 6.42 Å². The second-order valence-electron chi connectivity index (χ2n) is 10.7. The summed E-state index contributed by atoms with van der Waals surface area (Å²) >= 11 is 0. The Morgan fingerprint density at radius 1 is 0.781 bits per heavy atom. The van der Waals surface area contributed by atoms with E-state index in [-0.39, 0.29) is 6.10 Å². The van der Waals surface area contributed by atoms with E-state index >= 15 is 0 Å². The fraction of sp³-hybridized carbons (Fsp3) is 0.586. The number of hydrogen-bond donors (Lipinski definition) is 0. The van der Waals surface area contributed by atoms with Crippen molar-refractivity contribution in [3.8, 4) is 11.5 Å². The molecule has 6 rings (SSSR count). The fourth-order valence-electron chi connectivity index (χ4n) is 5.70. The maximum absolute atomic E-state index is 6.47. The van der Waals surface area contributed by atoms with Gasteiger partial charge in [0.15, 0.2) is 0 Å². The van der Waals surface area contributed by atoms with Crippen LogP contribution >= 0.6 is 0 Å². The molecule has 3 saturated carbocycles. The molecular weight excluding hydrogens is 394 g/mol. The second-order valence-corrected chi connectivity index (χ2v) is 10.7. The molecule has 32 heavy (non-hydrogen) atoms. The Bertz CT molecular complexity index is 883. The van der Waals surface area contributed by atoms with Crippen LogP contribution in [0.3, 0.4) is 0 Å². The molecule has 2 aromatic carbocycles. The Morgan fingerprint density at radius 3 is 2.19 bits per heavy atom. The quantitative estimate of drug-likeness (QED) is 0.472. The maximum Gasteiger partial charge on any atom is 0.124 e. The zero-order chi connectivity index (χ0) is 21.3. The van der Waals surface area contributed by atoms with Crippen molar-refractivity contribution in [3.05, 3.63) is 59.7 Å². The Morgan fingerprint density at radius 2 is 1.50 bits per heavy atom. The number of ether oxygens (including phenoxy) is 2. The highest BCUT2D eigenvalue weighted by Crippen LogP contribution is 2.39. The van der Waals surface area contributed by atoms with Crippen molar-refractivity contribution in [2.75, 3.05) is 13.1 Å². The highest BCUT2D eigenvalue weighted by molar-refractivity contribution is 5.42. The first kappa shape index (κ1) is 20.6. The summed E-state index contributed by atoms with van der Waals surface area (Å²) in [7, 11) is 0. The number of hydrogen-bond acceptors (Lipinski definition) is 3. The summed E-state index contributed by atoms with van der Waals surface area (Å²) in [6, 6.07) is 17.9. The molecule has 0 saturated heterocycles. The first-order valence-corrected chi connectivity index (χ1v) is 13.1. The molecule has 2 aromatic rings. The normalized spacial score (nSPS) is 27.6. The van der Waals surface area contributed by atoms with Gasteiger partial charge in [-0.05, 0) is 105 Å². The van der Waals surface area contributed by atoms with E-state index in [1.54, 1.807) is 0 Å². The molecule has 3 aliphatic carbocycles. The summed E-state index contributed by atoms with van der Waals surface area (Å²) in [5.41, 5.74) is 2.57. The molecule has 170 valence electrons. The van der Waals surface area contributed by atoms with E-state index in [2.05, 4.69) is 53.4 Å². The Balaban J connectivity index is 1.03. The largest absolute Gasteiger partial charge is 0.490 e. The van der Waals surface area contributed by atoms with Crippen molar-refractivity contribution >= 4 is 0 Å². The highest BCUT2D eigenvalue weighted by Gasteiger charge is 2.34. The van der Waals surface area contributed by atoms with Gasteiger partial charge in [-0.25, -0.2) is 0 Å². The first-order chi connectivity index (χ1) is 15.8. The van der Waals surface area contributed by atoms with Crippen molar-refractivity contribution in [1.29, 1.82) is 0 Å². The van der Waals surface area contributed by atoms with Crippen molar-refractivity contribution in [2.24, 2.45) is 11.8 Å². The molecule has 1 atom stereocenters. The molecule has 3 nitrogen and oxygen atoms in total. The monoisotopic (exact) mass is 431 g/mol. The van der Waals surface area contributed by atoms with Gasteiger partial charge in [-0.15, -0.1) is 0 Å². The van der Waals surface area contributed by atoms with E-state index in [1.165, 1.54) is 75.6 Å². The van der Waals surface area contributed by atoms with Crippen LogP contribution < -0.4 is 9.47 Å². The van der Waals surface area contributed by atoms with E-state index in [0.717, 1.165) is 42.2 Å². The van der Waals surface area contributed by atoms with Crippen LogP contribution in [0, 0.1) is 11.8 Å². The standard InChI is InChI=1S/C29H37NO2/c1-2-4-23(5-3-1)28-16-10-24-18-27(15-17-29(24)32-28)31-26-13-11-25(12-14-26)30(19-21-6-7-21)20-22-8-9-22/h1-5,15,17-18,21-22,25-26,28H,6-14,16,19-20H2. The van der Waals surface area contributed by atoms with Crippen molar-refractivity contribution in [2.45, 2.75) is 82.5 Å². The van der Waals surface area contributed by atoms with Crippen LogP contribution in [0.4, 0.5) is 0 Å². The minimum absolute atomic E-state index is 0.167. The third kappa shape index (κ3) is 4.98. The van der Waals surface area contributed by atoms with Gasteiger partial charge in [0, 0.05) is 19.1 Å². The Kier molecular flexibility index (Phi) is 5.85. The van der Waals surface area contributed by atoms with E-state index < -0.39 is 0 Å². The molecule has 1 unspecified atom stereocenters. The molecule has 0 bridgehead atoms. The third-order valence-corrected chi connectivity index (χ3v) is 7.99. The molecule has 0 amide bonds. The Labute approximate surface area is 193 Å². The van der Waals surface area contributed by atoms with Crippen LogP contribution in [0.1, 0.15) is 75.0 Å². The fourth-order valence-corrected chi connectivity index (χ4v) is 5.70. The lowest BCUT2D eigenvalue weighted by Crippen LogP contribution is -2.42. The molecule has 3 heteroatoms. The second kappa shape index (κ2) is 9.09. The highest BCUT2D eigenvalue weighted by atomic mass is 16.5. The first-order valence-electron chi connectivity index (χ1n) is 13.1. The van der Waals surface area contributed by atoms with Gasteiger partial charge in [-0.3, -0.25) is 4.90 Å². The minimum Gasteiger partial charge on any atom is -0.490 e. The number of fused-ring (bicyclic) bond motifs is 1. The van der Waals surface area contributed by atoms with Crippen LogP contribution in [0.25, 0.3) is 0 Å². The molecule has 1 heterocycles. The summed E-state index contributed by atoms with van der Waals surface area (Å²) in [5, 5.41) is 0. The average Bonchev–Trinajstić information content (AvgIpc) is 3.77. The van der Waals surface area contributed by atoms with Gasteiger partial charge in [0.2, 0.25) is 0 Å². The van der Waals surface area contributed by atoms with Crippen molar-refractivity contribution in [3.63, 3.8) is 0 Å². The van der Waals surface area contributed by atoms with Crippen molar-refractivity contribution in [1.82, 2.24) is 4.90 Å². The number of aryl methyl sites for hydroxylation is 1. The van der Waals surface area contributed by atoms with Gasteiger partial charge < -0.3 is 9.47 Å². The average molecular weight is 432 g/mol. The zero-order valence-electron chi connectivity index (χ0n) is 19.3. The lowest BCUT2D eigenvalue weighted by atomic mass is 9.91. The van der Waals surface area contributed by atoms with Crippen LogP contribution in [0.2, 0.25) is 0 Å². The van der Waals surface area contributed by atoms with Crippen LogP contribution in [0.5, 0.6) is 11.5 Å². The van der Waals surface area contributed by atoms with Gasteiger partial charge in [0.25, 0.3) is 0 Å². The summed E-state index contributed by atoms with van der Waals surface area (Å²) in [6.45, 7) is 2.73. The molecule has 0 radical (unpaired) electrons. The predicted octanol–water partition coefficient (Wildman–Crippen LogP) is 6.56. The van der Waals surface area contributed by atoms with Gasteiger partial charge in [-0.1, -0.05) is 30.3 Å². The SMILES string of the molecule is c1ccc(C2CCc3cc(OC4CCC(N(CC5CC5)CC5CC5)CC4)ccc3O2)cc1. The molecule has 4 aliphatic rings. The summed E-state index contributed by atoms with van der Waals surface area (Å²) < 4.78 is 12.8. The molecular formula is C29H37NO2. The van der Waals surface area contributed by atoms with Gasteiger partial charge in [-0.2, -0.15) is 0 Å². The van der Waals surface area contributed by atoms with Gasteiger partial charge in [0.05, 0.1) is 6.10 Å². The topological polar surface area (TPSA) is 21.7 Å². The summed E-state index contributed by atoms with van der Waals surface area (Å²) in [6.07, 6.45) is 13.5. The summed E-state index contributed by atoms with van der Waals surface area (Å²) in [5.74, 6) is 4.06. The number of nitrogens with zero attached hydrogens (tertiary/aromatic N) is 1. The zero-order valence-corrected chi connectivity index (χ0v) is 19.3. The van der Waals surface area contributed by atoms with Gasteiger partial charge in [0.1, 0.15) is 17.6 Å². The lowest BCUT2D eigenvalue weighted by molar-refractivity contribution is 0.0821. The van der Waals surface area contributed by atoms with E-state index in [4.69, 9.17) is 9.47 Å². The lowest BCUT2D eigenvalue weighted by Gasteiger charge is -2.37. The Hall–Kier alpha value is -2.00. The summed E-state index contributed by atoms with van der Waals surface area (Å²) in [4.78, 5) is 2.87. The third-order valence-electron chi connectivity index (χ3n) is 7.99. The molecule has 0 spiro atoms. The van der Waals surface area contributed by atoms with E-state index in [9.17, 15) is 0 Å². The van der Waals surface area contributed by atoms with Crippen LogP contribution in [0.15, 0.2) is 48.5 Å². The van der Waals surface area contributed by atoms with E-state index in [1.807, 2.05) is 0 Å². The smallest absolute Gasteiger partial charge is 0.124 e. The van der Waals surface area contributed by atoms with Crippen LogP contribution in [-0.4, -0.2) is 30.1 Å². The predicted molar refractivity (Wildman–Crippen MR) is 128 cm³/mol. The molecule has 1 aliphatic heterocycles. The number of rotatable bonds is 8. The molecule has 0 N–H and O–H groups in total. The van der Waals surface area contributed by atoms with E-state index in [0.29, 0.717) is 6.10 Å². The van der Waals surface area contributed by atoms with Crippen molar-refractivity contribution < 1.29 is 9.47 Å².